The number of carbonyl (C=O) groups excluding carboxylic acids is 2. The SMILES string of the molecule is CC(=O)NCC(=O)c1oc(=O)oc1C(C)Br. The predicted octanol–water partition coefficient (Wildman–Crippen LogP) is 1.01. The van der Waals surface area contributed by atoms with E-state index < -0.39 is 11.6 Å². The molecule has 1 unspecified atom stereocenters. The van der Waals surface area contributed by atoms with E-state index in [9.17, 15) is 14.4 Å². The van der Waals surface area contributed by atoms with Crippen LogP contribution < -0.4 is 11.1 Å². The summed E-state index contributed by atoms with van der Waals surface area (Å²) in [7, 11) is 0. The second kappa shape index (κ2) is 5.11. The van der Waals surface area contributed by atoms with Crippen LogP contribution in [0.15, 0.2) is 13.6 Å². The number of hydrogen-bond acceptors (Lipinski definition) is 5. The van der Waals surface area contributed by atoms with E-state index in [4.69, 9.17) is 4.42 Å². The van der Waals surface area contributed by atoms with Crippen LogP contribution in [-0.4, -0.2) is 18.2 Å². The van der Waals surface area contributed by atoms with Crippen molar-refractivity contribution in [1.29, 1.82) is 0 Å². The molecule has 7 heteroatoms. The van der Waals surface area contributed by atoms with Crippen molar-refractivity contribution in [1.82, 2.24) is 5.32 Å². The lowest BCUT2D eigenvalue weighted by Crippen LogP contribution is -2.27. The Morgan fingerprint density at radius 1 is 1.44 bits per heavy atom. The minimum absolute atomic E-state index is 0.125. The zero-order chi connectivity index (χ0) is 12.3. The molecule has 1 atom stereocenters. The Balaban J connectivity index is 2.90. The number of Topliss-reactive ketones (excluding diaryl/α,β-unsaturated/α-hetero) is 1. The van der Waals surface area contributed by atoms with E-state index >= 15 is 0 Å². The van der Waals surface area contributed by atoms with Gasteiger partial charge in [0.05, 0.1) is 11.4 Å². The highest BCUT2D eigenvalue weighted by molar-refractivity contribution is 9.09. The molecule has 0 radical (unpaired) electrons. The number of amides is 1. The van der Waals surface area contributed by atoms with Crippen molar-refractivity contribution in [3.8, 4) is 0 Å². The summed E-state index contributed by atoms with van der Waals surface area (Å²) in [5.74, 6) is -1.83. The van der Waals surface area contributed by atoms with Crippen LogP contribution in [0, 0.1) is 0 Å². The number of carbonyl (C=O) groups is 2. The van der Waals surface area contributed by atoms with Gasteiger partial charge in [-0.1, -0.05) is 15.9 Å². The van der Waals surface area contributed by atoms with Gasteiger partial charge >= 0.3 is 5.82 Å². The van der Waals surface area contributed by atoms with Gasteiger partial charge in [0.2, 0.25) is 17.5 Å². The molecular formula is C9H10BrNO5. The lowest BCUT2D eigenvalue weighted by Gasteiger charge is -2.01. The highest BCUT2D eigenvalue weighted by atomic mass is 79.9. The van der Waals surface area contributed by atoms with Crippen molar-refractivity contribution >= 4 is 27.6 Å². The molecule has 1 N–H and O–H groups in total. The van der Waals surface area contributed by atoms with Crippen LogP contribution in [0.5, 0.6) is 0 Å². The summed E-state index contributed by atoms with van der Waals surface area (Å²) in [5.41, 5.74) is 0. The number of halogens is 1. The minimum atomic E-state index is -0.938. The largest absolute Gasteiger partial charge is 0.519 e. The summed E-state index contributed by atoms with van der Waals surface area (Å²) < 4.78 is 9.32. The standard InChI is InChI=1S/C9H10BrNO5/c1-4(10)7-8(16-9(14)15-7)6(13)3-11-5(2)12/h4H,3H2,1-2H3,(H,11,12). The fraction of sp³-hybridized carbons (Fsp3) is 0.444. The summed E-state index contributed by atoms with van der Waals surface area (Å²) in [6.45, 7) is 2.74. The summed E-state index contributed by atoms with van der Waals surface area (Å²) in [6.07, 6.45) is 0. The number of ketones is 1. The molecule has 0 aliphatic heterocycles. The number of alkyl halides is 1. The number of nitrogens with one attached hydrogen (secondary N) is 1. The molecule has 1 amide bonds. The van der Waals surface area contributed by atoms with Crippen LogP contribution in [0.25, 0.3) is 0 Å². The van der Waals surface area contributed by atoms with Crippen LogP contribution in [0.3, 0.4) is 0 Å². The van der Waals surface area contributed by atoms with E-state index in [0.717, 1.165) is 0 Å². The molecule has 0 bridgehead atoms. The third kappa shape index (κ3) is 3.06. The second-order valence-electron chi connectivity index (χ2n) is 3.10. The van der Waals surface area contributed by atoms with E-state index in [1.807, 2.05) is 0 Å². The average Bonchev–Trinajstić information content (AvgIpc) is 2.56. The van der Waals surface area contributed by atoms with Gasteiger partial charge in [-0.05, 0) is 6.92 Å². The maximum Gasteiger partial charge on any atom is 0.519 e. The van der Waals surface area contributed by atoms with Gasteiger partial charge in [-0.15, -0.1) is 0 Å². The average molecular weight is 292 g/mol. The fourth-order valence-corrected chi connectivity index (χ4v) is 1.33. The molecule has 1 rings (SSSR count). The van der Waals surface area contributed by atoms with Crippen LogP contribution in [0.1, 0.15) is 35.0 Å². The van der Waals surface area contributed by atoms with Crippen molar-refractivity contribution in [2.75, 3.05) is 6.54 Å². The molecule has 0 aliphatic carbocycles. The Morgan fingerprint density at radius 3 is 2.56 bits per heavy atom. The first-order valence-electron chi connectivity index (χ1n) is 4.47. The molecular weight excluding hydrogens is 282 g/mol. The molecule has 1 aromatic rings. The fourth-order valence-electron chi connectivity index (χ4n) is 1.03. The van der Waals surface area contributed by atoms with Crippen molar-refractivity contribution in [2.45, 2.75) is 18.7 Å². The van der Waals surface area contributed by atoms with Gasteiger partial charge in [-0.3, -0.25) is 9.59 Å². The van der Waals surface area contributed by atoms with Crippen molar-refractivity contribution < 1.29 is 18.4 Å². The van der Waals surface area contributed by atoms with Gasteiger partial charge in [0.25, 0.3) is 0 Å². The zero-order valence-corrected chi connectivity index (χ0v) is 10.3. The Hall–Kier alpha value is -1.37. The number of rotatable bonds is 4. The second-order valence-corrected chi connectivity index (χ2v) is 4.47. The van der Waals surface area contributed by atoms with E-state index in [2.05, 4.69) is 25.7 Å². The molecule has 6 nitrogen and oxygen atoms in total. The number of hydrogen-bond donors (Lipinski definition) is 1. The smallest absolute Gasteiger partial charge is 0.394 e. The van der Waals surface area contributed by atoms with Gasteiger partial charge in [0, 0.05) is 6.92 Å². The lowest BCUT2D eigenvalue weighted by molar-refractivity contribution is -0.118. The van der Waals surface area contributed by atoms with Gasteiger partial charge in [0.15, 0.2) is 5.76 Å². The summed E-state index contributed by atoms with van der Waals surface area (Å²) >= 11 is 3.16. The molecule has 0 saturated heterocycles. The molecule has 0 aromatic carbocycles. The first kappa shape index (κ1) is 12.7. The zero-order valence-electron chi connectivity index (χ0n) is 8.70. The first-order valence-corrected chi connectivity index (χ1v) is 5.39. The van der Waals surface area contributed by atoms with E-state index in [0.29, 0.717) is 0 Å². The van der Waals surface area contributed by atoms with Crippen molar-refractivity contribution in [3.63, 3.8) is 0 Å². The third-order valence-electron chi connectivity index (χ3n) is 1.71. The Labute approximate surface area is 99.1 Å². The maximum absolute atomic E-state index is 11.6. The Morgan fingerprint density at radius 2 is 2.06 bits per heavy atom. The van der Waals surface area contributed by atoms with Crippen LogP contribution in [0.2, 0.25) is 0 Å². The van der Waals surface area contributed by atoms with Gasteiger partial charge in [-0.2, -0.15) is 0 Å². The molecule has 0 spiro atoms. The molecule has 16 heavy (non-hydrogen) atoms. The van der Waals surface area contributed by atoms with Crippen molar-refractivity contribution in [2.24, 2.45) is 0 Å². The van der Waals surface area contributed by atoms with Crippen molar-refractivity contribution in [3.05, 3.63) is 22.1 Å². The summed E-state index contributed by atoms with van der Waals surface area (Å²) in [5, 5.41) is 2.31. The van der Waals surface area contributed by atoms with Crippen LogP contribution >= 0.6 is 15.9 Å². The Bertz CT molecular complexity index is 459. The van der Waals surface area contributed by atoms with E-state index in [1.165, 1.54) is 6.92 Å². The molecule has 0 aliphatic rings. The minimum Gasteiger partial charge on any atom is -0.394 e. The van der Waals surface area contributed by atoms with Crippen LogP contribution in [0.4, 0.5) is 0 Å². The predicted molar refractivity (Wildman–Crippen MR) is 57.6 cm³/mol. The molecule has 1 heterocycles. The maximum atomic E-state index is 11.6. The van der Waals surface area contributed by atoms with Gasteiger partial charge in [0.1, 0.15) is 0 Å². The summed E-state index contributed by atoms with van der Waals surface area (Å²) in [4.78, 5) is 32.7. The monoisotopic (exact) mass is 291 g/mol. The highest BCUT2D eigenvalue weighted by Crippen LogP contribution is 2.24. The van der Waals surface area contributed by atoms with Crippen LogP contribution in [-0.2, 0) is 4.79 Å². The van der Waals surface area contributed by atoms with Gasteiger partial charge in [-0.25, -0.2) is 4.79 Å². The highest BCUT2D eigenvalue weighted by Gasteiger charge is 2.23. The van der Waals surface area contributed by atoms with Gasteiger partial charge < -0.3 is 14.2 Å². The Kier molecular flexibility index (Phi) is 4.05. The molecule has 1 aromatic heterocycles. The van der Waals surface area contributed by atoms with E-state index in [-0.39, 0.29) is 28.8 Å². The van der Waals surface area contributed by atoms with E-state index in [1.54, 1.807) is 6.92 Å². The normalized spacial score (nSPS) is 12.2. The summed E-state index contributed by atoms with van der Waals surface area (Å²) in [6, 6.07) is 0. The third-order valence-corrected chi connectivity index (χ3v) is 2.13. The quantitative estimate of drug-likeness (QED) is 0.660. The first-order chi connectivity index (χ1) is 7.41. The molecule has 88 valence electrons. The molecule has 0 fully saturated rings. The molecule has 0 saturated carbocycles. The topological polar surface area (TPSA) is 89.5 Å². The lowest BCUT2D eigenvalue weighted by atomic mass is 10.2.